The normalized spacial score (nSPS) is 17.1. The maximum absolute atomic E-state index is 13.9. The summed E-state index contributed by atoms with van der Waals surface area (Å²) in [5.74, 6) is -2.00. The van der Waals surface area contributed by atoms with Crippen LogP contribution >= 0.6 is 11.6 Å². The van der Waals surface area contributed by atoms with Gasteiger partial charge in [-0.05, 0) is 32.4 Å². The number of aryl methyl sites for hydroxylation is 1. The van der Waals surface area contributed by atoms with Crippen LogP contribution in [0.3, 0.4) is 0 Å². The van der Waals surface area contributed by atoms with Gasteiger partial charge in [-0.1, -0.05) is 11.6 Å². The van der Waals surface area contributed by atoms with Crippen LogP contribution in [0, 0.1) is 18.6 Å². The van der Waals surface area contributed by atoms with Crippen molar-refractivity contribution in [2.45, 2.75) is 32.8 Å². The fourth-order valence-electron chi connectivity index (χ4n) is 3.40. The van der Waals surface area contributed by atoms with E-state index in [2.05, 4.69) is 4.98 Å². The van der Waals surface area contributed by atoms with Gasteiger partial charge in [0.15, 0.2) is 11.6 Å². The highest BCUT2D eigenvalue weighted by Crippen LogP contribution is 2.30. The van der Waals surface area contributed by atoms with Crippen LogP contribution in [0.1, 0.15) is 31.2 Å². The first-order chi connectivity index (χ1) is 14.5. The van der Waals surface area contributed by atoms with Crippen LogP contribution in [-0.4, -0.2) is 41.2 Å². The van der Waals surface area contributed by atoms with Gasteiger partial charge in [0, 0.05) is 31.1 Å². The van der Waals surface area contributed by atoms with Gasteiger partial charge in [-0.15, -0.1) is 0 Å². The summed E-state index contributed by atoms with van der Waals surface area (Å²) in [5.41, 5.74) is 0.798. The molecule has 2 radical (unpaired) electrons. The molecule has 1 aliphatic rings. The fourth-order valence-corrected chi connectivity index (χ4v) is 3.58. The Balaban J connectivity index is 2.02. The van der Waals surface area contributed by atoms with E-state index in [1.807, 2.05) is 6.92 Å². The number of ether oxygens (including phenoxy) is 1. The smallest absolute Gasteiger partial charge is 0.277 e. The summed E-state index contributed by atoms with van der Waals surface area (Å²) in [6.07, 6.45) is 4.26. The number of likely N-dealkylation sites (N-methyl/N-ethyl adjacent to an activating group) is 1. The third kappa shape index (κ3) is 4.41. The first kappa shape index (κ1) is 22.7. The molecular formula is C21H19BClF2N3O3. The number of hydrogen-bond acceptors (Lipinski definition) is 5. The van der Waals surface area contributed by atoms with E-state index in [1.54, 1.807) is 31.1 Å². The summed E-state index contributed by atoms with van der Waals surface area (Å²) in [6, 6.07) is 0.156. The van der Waals surface area contributed by atoms with Crippen LogP contribution in [0.25, 0.3) is 5.70 Å². The first-order valence-corrected chi connectivity index (χ1v) is 9.67. The van der Waals surface area contributed by atoms with Gasteiger partial charge in [0.25, 0.3) is 5.56 Å². The molecule has 0 fully saturated rings. The van der Waals surface area contributed by atoms with E-state index in [1.165, 1.54) is 17.6 Å². The lowest BCUT2D eigenvalue weighted by Crippen LogP contribution is -2.36. The molecule has 1 unspecified atom stereocenters. The molecule has 2 aromatic rings. The molecule has 0 bridgehead atoms. The average Bonchev–Trinajstić information content (AvgIpc) is 2.67. The largest absolute Gasteiger partial charge is 0.492 e. The average molecular weight is 446 g/mol. The van der Waals surface area contributed by atoms with Crippen molar-refractivity contribution in [2.24, 2.45) is 0 Å². The monoisotopic (exact) mass is 445 g/mol. The molecule has 0 spiro atoms. The van der Waals surface area contributed by atoms with Crippen molar-refractivity contribution >= 4 is 30.9 Å². The SMILES string of the molecule is [B]C(Oc1cc(C)n(C2=C[C@H](C(C)=O)N(C)C=C2C)c(=O)c1Cl)c1ncc(F)cc1F. The molecule has 10 heteroatoms. The maximum atomic E-state index is 13.9. The number of Topliss-reactive ketones (excluding diaryl/α,β-unsaturated/α-hetero) is 1. The van der Waals surface area contributed by atoms with E-state index in [4.69, 9.17) is 24.2 Å². The first-order valence-electron chi connectivity index (χ1n) is 9.30. The van der Waals surface area contributed by atoms with Crippen LogP contribution in [0.4, 0.5) is 8.78 Å². The molecule has 160 valence electrons. The zero-order valence-electron chi connectivity index (χ0n) is 17.3. The van der Waals surface area contributed by atoms with E-state index < -0.39 is 29.2 Å². The number of ketones is 1. The molecule has 0 saturated heterocycles. The number of halogens is 3. The van der Waals surface area contributed by atoms with Gasteiger partial charge in [0.2, 0.25) is 0 Å². The second-order valence-electron chi connectivity index (χ2n) is 7.25. The zero-order chi connectivity index (χ0) is 23.0. The predicted octanol–water partition coefficient (Wildman–Crippen LogP) is 3.38. The highest BCUT2D eigenvalue weighted by Gasteiger charge is 2.25. The molecule has 6 nitrogen and oxygen atoms in total. The lowest BCUT2D eigenvalue weighted by molar-refractivity contribution is -0.119. The van der Waals surface area contributed by atoms with E-state index in [9.17, 15) is 18.4 Å². The maximum Gasteiger partial charge on any atom is 0.277 e. The standard InChI is InChI=1S/C21H19BClF2N3O3/c1-10-9-27(4)16(12(3)29)7-15(10)28-11(2)5-17(18(23)21(28)30)31-20(22)19-14(25)6-13(24)8-26-19/h5-9,16,20H,1-4H3/t16-,20?/m1/s1. The Hall–Kier alpha value is -2.94. The number of rotatable bonds is 5. The van der Waals surface area contributed by atoms with E-state index in [0.717, 1.165) is 11.8 Å². The molecule has 2 aromatic heterocycles. The van der Waals surface area contributed by atoms with Gasteiger partial charge in [0.05, 0.1) is 17.9 Å². The molecule has 31 heavy (non-hydrogen) atoms. The molecule has 0 aromatic carbocycles. The van der Waals surface area contributed by atoms with Crippen LogP contribution in [-0.2, 0) is 4.79 Å². The lowest BCUT2D eigenvalue weighted by atomic mass is 9.95. The number of aromatic nitrogens is 2. The number of hydrogen-bond donors (Lipinski definition) is 0. The Morgan fingerprint density at radius 2 is 2.00 bits per heavy atom. The van der Waals surface area contributed by atoms with Crippen molar-refractivity contribution in [3.05, 3.63) is 74.6 Å². The summed E-state index contributed by atoms with van der Waals surface area (Å²) in [6.45, 7) is 4.93. The molecule has 3 heterocycles. The summed E-state index contributed by atoms with van der Waals surface area (Å²) in [7, 11) is 7.61. The van der Waals surface area contributed by atoms with Crippen molar-refractivity contribution < 1.29 is 18.3 Å². The predicted molar refractivity (Wildman–Crippen MR) is 114 cm³/mol. The van der Waals surface area contributed by atoms with Crippen molar-refractivity contribution in [3.63, 3.8) is 0 Å². The summed E-state index contributed by atoms with van der Waals surface area (Å²) in [5, 5.41) is -0.282. The van der Waals surface area contributed by atoms with Crippen molar-refractivity contribution in [1.29, 1.82) is 0 Å². The van der Waals surface area contributed by atoms with Crippen molar-refractivity contribution in [1.82, 2.24) is 14.5 Å². The Morgan fingerprint density at radius 3 is 2.61 bits per heavy atom. The Labute approximate surface area is 184 Å². The molecule has 2 atom stereocenters. The highest BCUT2D eigenvalue weighted by molar-refractivity contribution is 6.32. The molecule has 1 aliphatic heterocycles. The van der Waals surface area contributed by atoms with Gasteiger partial charge in [0.1, 0.15) is 36.2 Å². The fraction of sp³-hybridized carbons (Fsp3) is 0.286. The van der Waals surface area contributed by atoms with E-state index in [-0.39, 0.29) is 22.2 Å². The van der Waals surface area contributed by atoms with E-state index >= 15 is 0 Å². The van der Waals surface area contributed by atoms with Gasteiger partial charge >= 0.3 is 0 Å². The number of carbonyl (C=O) groups excluding carboxylic acids is 1. The minimum atomic E-state index is -1.42. The third-order valence-electron chi connectivity index (χ3n) is 4.87. The summed E-state index contributed by atoms with van der Waals surface area (Å²) < 4.78 is 33.9. The zero-order valence-corrected chi connectivity index (χ0v) is 18.1. The number of carbonyl (C=O) groups is 1. The number of nitrogens with zero attached hydrogens (tertiary/aromatic N) is 3. The third-order valence-corrected chi connectivity index (χ3v) is 5.22. The quantitative estimate of drug-likeness (QED) is 0.660. The topological polar surface area (TPSA) is 64.4 Å². The second-order valence-corrected chi connectivity index (χ2v) is 7.63. The molecule has 0 aliphatic carbocycles. The molecular weight excluding hydrogens is 427 g/mol. The van der Waals surface area contributed by atoms with Gasteiger partial charge in [-0.25, -0.2) is 8.78 Å². The van der Waals surface area contributed by atoms with Gasteiger partial charge in [-0.3, -0.25) is 19.1 Å². The van der Waals surface area contributed by atoms with Crippen LogP contribution in [0.2, 0.25) is 5.02 Å². The van der Waals surface area contributed by atoms with Gasteiger partial charge < -0.3 is 9.64 Å². The number of allylic oxidation sites excluding steroid dienone is 2. The van der Waals surface area contributed by atoms with E-state index in [0.29, 0.717) is 17.5 Å². The highest BCUT2D eigenvalue weighted by atomic mass is 35.5. The molecule has 0 saturated carbocycles. The Morgan fingerprint density at radius 1 is 1.32 bits per heavy atom. The molecule has 0 amide bonds. The molecule has 3 rings (SSSR count). The Bertz CT molecular complexity index is 1180. The lowest BCUT2D eigenvalue weighted by Gasteiger charge is -2.30. The second kappa shape index (κ2) is 8.67. The minimum Gasteiger partial charge on any atom is -0.492 e. The summed E-state index contributed by atoms with van der Waals surface area (Å²) in [4.78, 5) is 30.4. The van der Waals surface area contributed by atoms with Gasteiger partial charge in [-0.2, -0.15) is 0 Å². The van der Waals surface area contributed by atoms with Crippen molar-refractivity contribution in [3.8, 4) is 5.75 Å². The van der Waals surface area contributed by atoms with Crippen LogP contribution < -0.4 is 10.3 Å². The minimum absolute atomic E-state index is 0.0725. The number of pyridine rings is 2. The van der Waals surface area contributed by atoms with Crippen LogP contribution in [0.5, 0.6) is 5.75 Å². The van der Waals surface area contributed by atoms with Crippen molar-refractivity contribution in [2.75, 3.05) is 7.05 Å². The molecule has 0 N–H and O–H groups in total. The van der Waals surface area contributed by atoms with Crippen LogP contribution in [0.15, 0.2) is 41.0 Å². The Kier molecular flexibility index (Phi) is 6.36. The summed E-state index contributed by atoms with van der Waals surface area (Å²) >= 11 is 6.25.